The van der Waals surface area contributed by atoms with E-state index in [1.807, 2.05) is 26.0 Å². The maximum atomic E-state index is 12.3. The normalized spacial score (nSPS) is 11.4. The van der Waals surface area contributed by atoms with Crippen LogP contribution in [0.25, 0.3) is 0 Å². The van der Waals surface area contributed by atoms with Crippen molar-refractivity contribution in [3.8, 4) is 0 Å². The minimum absolute atomic E-state index is 0.0984. The van der Waals surface area contributed by atoms with Crippen molar-refractivity contribution in [3.05, 3.63) is 32.7 Å². The van der Waals surface area contributed by atoms with Crippen LogP contribution in [0, 0.1) is 0 Å². The van der Waals surface area contributed by atoms with Crippen molar-refractivity contribution in [2.24, 2.45) is 0 Å². The van der Waals surface area contributed by atoms with Gasteiger partial charge in [0.1, 0.15) is 0 Å². The van der Waals surface area contributed by atoms with Gasteiger partial charge in [-0.2, -0.15) is 0 Å². The molecule has 0 aliphatic rings. The van der Waals surface area contributed by atoms with E-state index in [0.717, 1.165) is 21.8 Å². The van der Waals surface area contributed by atoms with E-state index in [2.05, 4.69) is 37.2 Å². The van der Waals surface area contributed by atoms with Gasteiger partial charge >= 0.3 is 0 Å². The molecule has 1 amide bonds. The average Bonchev–Trinajstić information content (AvgIpc) is 2.36. The van der Waals surface area contributed by atoms with E-state index in [0.29, 0.717) is 11.4 Å². The topological polar surface area (TPSA) is 29.1 Å². The van der Waals surface area contributed by atoms with Crippen LogP contribution in [0.3, 0.4) is 0 Å². The van der Waals surface area contributed by atoms with Gasteiger partial charge in [0.2, 0.25) is 0 Å². The third-order valence-corrected chi connectivity index (χ3v) is 4.82. The summed E-state index contributed by atoms with van der Waals surface area (Å²) in [5.74, 6) is 0.318. The third-order valence-electron chi connectivity index (χ3n) is 3.16. The molecule has 0 unspecified atom stereocenters. The molecule has 100 valence electrons. The second-order valence-electron chi connectivity index (χ2n) is 4.20. The van der Waals surface area contributed by atoms with Crippen LogP contribution in [0.2, 0.25) is 0 Å². The Labute approximate surface area is 130 Å². The summed E-state index contributed by atoms with van der Waals surface area (Å²) in [4.78, 5) is 12.3. The Morgan fingerprint density at radius 2 is 1.94 bits per heavy atom. The van der Waals surface area contributed by atoms with Crippen LogP contribution in [0.15, 0.2) is 27.1 Å². The predicted molar refractivity (Wildman–Crippen MR) is 83.3 cm³/mol. The van der Waals surface area contributed by atoms with E-state index in [1.54, 1.807) is 6.07 Å². The highest BCUT2D eigenvalue weighted by molar-refractivity contribution is 9.11. The van der Waals surface area contributed by atoms with Gasteiger partial charge < -0.3 is 5.32 Å². The van der Waals surface area contributed by atoms with E-state index in [1.165, 1.54) is 0 Å². The minimum atomic E-state index is -0.328. The number of alkyl halides is 1. The Kier molecular flexibility index (Phi) is 6.15. The molecule has 18 heavy (non-hydrogen) atoms. The molecule has 0 fully saturated rings. The molecule has 0 saturated carbocycles. The van der Waals surface area contributed by atoms with Gasteiger partial charge in [-0.3, -0.25) is 4.79 Å². The fourth-order valence-corrected chi connectivity index (χ4v) is 3.30. The molecule has 1 aromatic rings. The van der Waals surface area contributed by atoms with Crippen LogP contribution >= 0.6 is 43.5 Å². The molecule has 0 heterocycles. The van der Waals surface area contributed by atoms with Gasteiger partial charge in [0, 0.05) is 14.8 Å². The number of hydrogen-bond acceptors (Lipinski definition) is 1. The summed E-state index contributed by atoms with van der Waals surface area (Å²) in [6.45, 7) is 4.06. The van der Waals surface area contributed by atoms with Gasteiger partial charge in [0.25, 0.3) is 5.91 Å². The molecule has 1 aromatic carbocycles. The maximum absolute atomic E-state index is 12.3. The summed E-state index contributed by atoms with van der Waals surface area (Å²) in [6, 6.07) is 5.49. The molecule has 0 aliphatic carbocycles. The maximum Gasteiger partial charge on any atom is 0.252 e. The summed E-state index contributed by atoms with van der Waals surface area (Å²) in [6.07, 6.45) is 1.62. The Balaban J connectivity index is 2.94. The van der Waals surface area contributed by atoms with E-state index in [-0.39, 0.29) is 11.4 Å². The van der Waals surface area contributed by atoms with E-state index < -0.39 is 0 Å². The lowest BCUT2D eigenvalue weighted by Gasteiger charge is -2.30. The molecule has 0 aromatic heterocycles. The largest absolute Gasteiger partial charge is 0.345 e. The van der Waals surface area contributed by atoms with Crippen LogP contribution in [-0.4, -0.2) is 17.3 Å². The molecule has 0 radical (unpaired) electrons. The molecular formula is C13H16Br2ClNO. The van der Waals surface area contributed by atoms with Crippen LogP contribution < -0.4 is 5.32 Å². The fraction of sp³-hybridized carbons (Fsp3) is 0.462. The summed E-state index contributed by atoms with van der Waals surface area (Å²) < 4.78 is 1.70. The second kappa shape index (κ2) is 6.92. The van der Waals surface area contributed by atoms with Crippen LogP contribution in [0.5, 0.6) is 0 Å². The van der Waals surface area contributed by atoms with Gasteiger partial charge in [-0.1, -0.05) is 29.8 Å². The zero-order chi connectivity index (χ0) is 13.8. The Bertz CT molecular complexity index is 425. The second-order valence-corrected chi connectivity index (χ2v) is 6.24. The zero-order valence-corrected chi connectivity index (χ0v) is 14.3. The fourth-order valence-electron chi connectivity index (χ4n) is 1.63. The number of benzene rings is 1. The first-order chi connectivity index (χ1) is 8.48. The summed E-state index contributed by atoms with van der Waals surface area (Å²) in [7, 11) is 0. The van der Waals surface area contributed by atoms with Crippen molar-refractivity contribution in [3.63, 3.8) is 0 Å². The molecule has 0 bridgehead atoms. The van der Waals surface area contributed by atoms with E-state index in [4.69, 9.17) is 11.6 Å². The molecule has 1 N–H and O–H groups in total. The highest BCUT2D eigenvalue weighted by atomic mass is 79.9. The molecule has 0 aliphatic heterocycles. The summed E-state index contributed by atoms with van der Waals surface area (Å²) in [5, 5.41) is 3.04. The van der Waals surface area contributed by atoms with Gasteiger partial charge in [-0.15, -0.1) is 11.6 Å². The number of carbonyl (C=O) groups excluding carboxylic acids is 1. The van der Waals surface area contributed by atoms with Crippen molar-refractivity contribution in [2.75, 3.05) is 5.88 Å². The molecule has 5 heteroatoms. The third kappa shape index (κ3) is 3.72. The van der Waals surface area contributed by atoms with Crippen LogP contribution in [0.1, 0.15) is 37.0 Å². The Morgan fingerprint density at radius 1 is 1.33 bits per heavy atom. The number of amides is 1. The highest BCUT2D eigenvalue weighted by Crippen LogP contribution is 2.24. The van der Waals surface area contributed by atoms with Gasteiger partial charge in [-0.05, 0) is 47.0 Å². The zero-order valence-electron chi connectivity index (χ0n) is 10.4. The summed E-state index contributed by atoms with van der Waals surface area (Å²) >= 11 is 12.7. The average molecular weight is 398 g/mol. The summed E-state index contributed by atoms with van der Waals surface area (Å²) in [5.41, 5.74) is 0.292. The molecule has 0 saturated heterocycles. The number of nitrogens with one attached hydrogen (secondary N) is 1. The van der Waals surface area contributed by atoms with Gasteiger partial charge in [0.15, 0.2) is 0 Å². The molecule has 0 atom stereocenters. The highest BCUT2D eigenvalue weighted by Gasteiger charge is 2.28. The lowest BCUT2D eigenvalue weighted by Crippen LogP contribution is -2.49. The Hall–Kier alpha value is -0.0600. The number of hydrogen-bond donors (Lipinski definition) is 1. The standard InChI is InChI=1S/C13H16Br2ClNO/c1-3-13(4-2,8-16)17-12(18)10-6-5-9(14)7-11(10)15/h5-7H,3-4,8H2,1-2H3,(H,17,18). The van der Waals surface area contributed by atoms with Gasteiger partial charge in [-0.25, -0.2) is 0 Å². The quantitative estimate of drug-likeness (QED) is 0.715. The minimum Gasteiger partial charge on any atom is -0.345 e. The van der Waals surface area contributed by atoms with Crippen LogP contribution in [0.4, 0.5) is 0 Å². The Morgan fingerprint density at radius 3 is 2.39 bits per heavy atom. The smallest absolute Gasteiger partial charge is 0.252 e. The van der Waals surface area contributed by atoms with E-state index >= 15 is 0 Å². The van der Waals surface area contributed by atoms with Crippen molar-refractivity contribution in [1.82, 2.24) is 5.32 Å². The van der Waals surface area contributed by atoms with Crippen molar-refractivity contribution in [1.29, 1.82) is 0 Å². The molecular weight excluding hydrogens is 381 g/mol. The number of carbonyl (C=O) groups is 1. The lowest BCUT2D eigenvalue weighted by molar-refractivity contribution is 0.0901. The molecule has 1 rings (SSSR count). The predicted octanol–water partition coefficient (Wildman–Crippen LogP) is 4.74. The SMILES string of the molecule is CCC(CC)(CCl)NC(=O)c1ccc(Br)cc1Br. The number of rotatable bonds is 5. The number of halogens is 3. The molecule has 0 spiro atoms. The van der Waals surface area contributed by atoms with Crippen molar-refractivity contribution >= 4 is 49.4 Å². The first kappa shape index (κ1) is 16.0. The van der Waals surface area contributed by atoms with Crippen molar-refractivity contribution in [2.45, 2.75) is 32.2 Å². The van der Waals surface area contributed by atoms with Crippen molar-refractivity contribution < 1.29 is 4.79 Å². The molecule has 2 nitrogen and oxygen atoms in total. The van der Waals surface area contributed by atoms with Crippen LogP contribution in [-0.2, 0) is 0 Å². The van der Waals surface area contributed by atoms with E-state index in [9.17, 15) is 4.79 Å². The monoisotopic (exact) mass is 395 g/mol. The first-order valence-corrected chi connectivity index (χ1v) is 7.93. The van der Waals surface area contributed by atoms with Gasteiger partial charge in [0.05, 0.1) is 11.1 Å². The first-order valence-electron chi connectivity index (χ1n) is 5.81. The lowest BCUT2D eigenvalue weighted by atomic mass is 9.94.